The number of hydrogen-bond acceptors (Lipinski definition) is 3. The van der Waals surface area contributed by atoms with Gasteiger partial charge in [0.1, 0.15) is 5.75 Å². The summed E-state index contributed by atoms with van der Waals surface area (Å²) in [7, 11) is 0. The molecule has 43 heavy (non-hydrogen) atoms. The first-order chi connectivity index (χ1) is 20.9. The normalized spacial score (nSPS) is 24.4. The Balaban J connectivity index is 1.11. The lowest BCUT2D eigenvalue weighted by Crippen LogP contribution is -2.48. The first kappa shape index (κ1) is 29.5. The molecule has 4 fully saturated rings. The minimum absolute atomic E-state index is 0.102. The molecule has 4 aliphatic carbocycles. The lowest BCUT2D eigenvalue weighted by atomic mass is 9.48. The minimum Gasteiger partial charge on any atom is -0.493 e. The van der Waals surface area contributed by atoms with Gasteiger partial charge in [-0.15, -0.1) is 0 Å². The number of carbonyl (C=O) groups is 2. The number of aryl methyl sites for hydroxylation is 1. The summed E-state index contributed by atoms with van der Waals surface area (Å²) in [6.45, 7) is 2.97. The minimum atomic E-state index is -0.783. The zero-order chi connectivity index (χ0) is 29.8. The summed E-state index contributed by atoms with van der Waals surface area (Å²) in [5.74, 6) is 2.04. The van der Waals surface area contributed by atoms with E-state index in [9.17, 15) is 14.7 Å². The Hall–Kier alpha value is -3.60. The molecule has 5 heteroatoms. The number of benzene rings is 3. The van der Waals surface area contributed by atoms with E-state index in [-0.39, 0.29) is 5.91 Å². The van der Waals surface area contributed by atoms with Gasteiger partial charge in [0.25, 0.3) is 5.91 Å². The lowest BCUT2D eigenvalue weighted by molar-refractivity contribution is -0.141. The summed E-state index contributed by atoms with van der Waals surface area (Å²) in [5, 5.41) is 13.0. The van der Waals surface area contributed by atoms with Crippen molar-refractivity contribution >= 4 is 11.9 Å². The maximum absolute atomic E-state index is 13.2. The highest BCUT2D eigenvalue weighted by atomic mass is 16.5. The van der Waals surface area contributed by atoms with Crippen molar-refractivity contribution in [3.05, 3.63) is 101 Å². The SMILES string of the molecule is CCCOc1ccc(C[C@H](CCc2ccccc2)C(=O)O)cc1CNC(=O)c1ccc(C23CC4CC(CC(C4)C2)C3)cc1. The van der Waals surface area contributed by atoms with E-state index >= 15 is 0 Å². The topological polar surface area (TPSA) is 75.6 Å². The second kappa shape index (κ2) is 13.0. The van der Waals surface area contributed by atoms with Crippen LogP contribution in [0.2, 0.25) is 0 Å². The fourth-order valence-corrected chi connectivity index (χ4v) is 8.55. The van der Waals surface area contributed by atoms with Gasteiger partial charge in [-0.25, -0.2) is 0 Å². The summed E-state index contributed by atoms with van der Waals surface area (Å²) in [5.41, 5.74) is 5.38. The smallest absolute Gasteiger partial charge is 0.306 e. The Bertz CT molecular complexity index is 1380. The van der Waals surface area contributed by atoms with E-state index in [4.69, 9.17) is 4.74 Å². The number of nitrogens with one attached hydrogen (secondary N) is 1. The van der Waals surface area contributed by atoms with Crippen LogP contribution in [0.4, 0.5) is 0 Å². The quantitative estimate of drug-likeness (QED) is 0.217. The summed E-state index contributed by atoms with van der Waals surface area (Å²) < 4.78 is 6.00. The molecule has 1 atom stereocenters. The lowest BCUT2D eigenvalue weighted by Gasteiger charge is -2.57. The van der Waals surface area contributed by atoms with Crippen molar-refractivity contribution in [3.63, 3.8) is 0 Å². The van der Waals surface area contributed by atoms with E-state index in [0.717, 1.165) is 53.0 Å². The molecule has 4 bridgehead atoms. The fourth-order valence-electron chi connectivity index (χ4n) is 8.55. The van der Waals surface area contributed by atoms with Gasteiger partial charge in [-0.3, -0.25) is 9.59 Å². The van der Waals surface area contributed by atoms with Crippen LogP contribution in [-0.4, -0.2) is 23.6 Å². The van der Waals surface area contributed by atoms with Crippen molar-refractivity contribution in [1.29, 1.82) is 0 Å². The molecule has 4 aliphatic rings. The molecule has 0 unspecified atom stereocenters. The van der Waals surface area contributed by atoms with Crippen LogP contribution < -0.4 is 10.1 Å². The number of carbonyl (C=O) groups excluding carboxylic acids is 1. The van der Waals surface area contributed by atoms with Crippen molar-refractivity contribution in [2.75, 3.05) is 6.61 Å². The van der Waals surface area contributed by atoms with E-state index in [2.05, 4.69) is 24.4 Å². The molecule has 1 amide bonds. The van der Waals surface area contributed by atoms with Crippen LogP contribution in [0.15, 0.2) is 72.8 Å². The van der Waals surface area contributed by atoms with E-state index in [1.165, 1.54) is 44.1 Å². The zero-order valence-corrected chi connectivity index (χ0v) is 25.4. The van der Waals surface area contributed by atoms with Crippen molar-refractivity contribution in [1.82, 2.24) is 5.32 Å². The Labute approximate surface area is 256 Å². The number of carboxylic acids is 1. The number of hydrogen-bond donors (Lipinski definition) is 2. The van der Waals surface area contributed by atoms with Crippen molar-refractivity contribution in [2.24, 2.45) is 23.7 Å². The van der Waals surface area contributed by atoms with Crippen LogP contribution in [0, 0.1) is 23.7 Å². The molecule has 0 aromatic heterocycles. The standard InChI is InChI=1S/C38H45NO4/c1-2-16-43-35-15-9-27(20-32(37(41)42)10-8-26-6-4-3-5-7-26)21-33(35)25-39-36(40)31-11-13-34(14-12-31)38-22-28-17-29(23-38)19-30(18-28)24-38/h3-7,9,11-15,21,28-30,32H,2,8,10,16-20,22-25H2,1H3,(H,39,40)(H,41,42)/t28?,29?,30?,32-,38?/m0/s1. The van der Waals surface area contributed by atoms with Crippen molar-refractivity contribution in [2.45, 2.75) is 83.1 Å². The molecule has 0 saturated heterocycles. The fraction of sp³-hybridized carbons (Fsp3) is 0.474. The van der Waals surface area contributed by atoms with E-state index in [0.29, 0.717) is 37.0 Å². The van der Waals surface area contributed by atoms with E-state index in [1.54, 1.807) is 0 Å². The molecule has 3 aromatic carbocycles. The number of rotatable bonds is 13. The Kier molecular flexibility index (Phi) is 8.88. The predicted molar refractivity (Wildman–Crippen MR) is 169 cm³/mol. The van der Waals surface area contributed by atoms with Gasteiger partial charge in [0.2, 0.25) is 0 Å². The third kappa shape index (κ3) is 6.82. The molecular weight excluding hydrogens is 534 g/mol. The van der Waals surface area contributed by atoms with Crippen molar-refractivity contribution < 1.29 is 19.4 Å². The molecule has 226 valence electrons. The molecule has 4 saturated carbocycles. The van der Waals surface area contributed by atoms with Gasteiger partial charge in [0, 0.05) is 17.7 Å². The van der Waals surface area contributed by atoms with E-state index in [1.807, 2.05) is 60.7 Å². The third-order valence-electron chi connectivity index (χ3n) is 10.3. The molecule has 0 spiro atoms. The number of ether oxygens (including phenoxy) is 1. The molecular formula is C38H45NO4. The summed E-state index contributed by atoms with van der Waals surface area (Å²) in [6, 6.07) is 24.3. The van der Waals surface area contributed by atoms with Crippen molar-refractivity contribution in [3.8, 4) is 5.75 Å². The van der Waals surface area contributed by atoms with Gasteiger partial charge >= 0.3 is 5.97 Å². The first-order valence-electron chi connectivity index (χ1n) is 16.3. The molecule has 0 radical (unpaired) electrons. The highest BCUT2D eigenvalue weighted by molar-refractivity contribution is 5.94. The average Bonchev–Trinajstić information content (AvgIpc) is 3.01. The monoisotopic (exact) mass is 579 g/mol. The van der Waals surface area contributed by atoms with Gasteiger partial charge in [-0.05, 0) is 122 Å². The first-order valence-corrected chi connectivity index (χ1v) is 16.3. The number of carboxylic acid groups (broad SMARTS) is 1. The van der Waals surface area contributed by atoms with E-state index < -0.39 is 11.9 Å². The number of amides is 1. The van der Waals surface area contributed by atoms with Crippen LogP contribution in [0.3, 0.4) is 0 Å². The largest absolute Gasteiger partial charge is 0.493 e. The predicted octanol–water partition coefficient (Wildman–Crippen LogP) is 7.75. The second-order valence-electron chi connectivity index (χ2n) is 13.5. The molecule has 2 N–H and O–H groups in total. The average molecular weight is 580 g/mol. The highest BCUT2D eigenvalue weighted by Gasteiger charge is 2.51. The van der Waals surface area contributed by atoms with Gasteiger partial charge in [0.15, 0.2) is 0 Å². The van der Waals surface area contributed by atoms with Gasteiger partial charge in [0.05, 0.1) is 12.5 Å². The number of aliphatic carboxylic acids is 1. The molecule has 3 aromatic rings. The maximum Gasteiger partial charge on any atom is 0.306 e. The van der Waals surface area contributed by atoms with Gasteiger partial charge < -0.3 is 15.2 Å². The van der Waals surface area contributed by atoms with Crippen LogP contribution in [-0.2, 0) is 29.6 Å². The highest BCUT2D eigenvalue weighted by Crippen LogP contribution is 2.60. The molecule has 5 nitrogen and oxygen atoms in total. The van der Waals surface area contributed by atoms with Gasteiger partial charge in [-0.1, -0.05) is 61.5 Å². The van der Waals surface area contributed by atoms with Crippen LogP contribution in [0.5, 0.6) is 5.75 Å². The Morgan fingerprint density at radius 1 is 0.907 bits per heavy atom. The summed E-state index contributed by atoms with van der Waals surface area (Å²) in [4.78, 5) is 25.4. The molecule has 0 heterocycles. The van der Waals surface area contributed by atoms with Crippen LogP contribution in [0.1, 0.15) is 90.9 Å². The Morgan fingerprint density at radius 2 is 1.58 bits per heavy atom. The summed E-state index contributed by atoms with van der Waals surface area (Å²) in [6.07, 6.45) is 10.8. The Morgan fingerprint density at radius 3 is 2.21 bits per heavy atom. The molecule has 7 rings (SSSR count). The molecule has 0 aliphatic heterocycles. The second-order valence-corrected chi connectivity index (χ2v) is 13.5. The third-order valence-corrected chi connectivity index (χ3v) is 10.3. The summed E-state index contributed by atoms with van der Waals surface area (Å²) >= 11 is 0. The van der Waals surface area contributed by atoms with Gasteiger partial charge in [-0.2, -0.15) is 0 Å². The maximum atomic E-state index is 13.2. The zero-order valence-electron chi connectivity index (χ0n) is 25.4. The van der Waals surface area contributed by atoms with Crippen LogP contribution >= 0.6 is 0 Å². The van der Waals surface area contributed by atoms with Crippen LogP contribution in [0.25, 0.3) is 0 Å².